The second kappa shape index (κ2) is 8.39. The molecule has 6 heteroatoms. The lowest BCUT2D eigenvalue weighted by Gasteiger charge is -2.25. The highest BCUT2D eigenvalue weighted by Gasteiger charge is 2.46. The van der Waals surface area contributed by atoms with Crippen LogP contribution in [-0.4, -0.2) is 33.2 Å². The molecule has 1 aromatic heterocycles. The van der Waals surface area contributed by atoms with Crippen LogP contribution in [0.4, 0.5) is 4.39 Å². The van der Waals surface area contributed by atoms with E-state index in [4.69, 9.17) is 0 Å². The molecule has 3 aromatic carbocycles. The average molecular weight is 440 g/mol. The normalized spacial score (nSPS) is 17.7. The molecular weight excluding hydrogens is 419 g/mol. The molecule has 0 aliphatic carbocycles. The summed E-state index contributed by atoms with van der Waals surface area (Å²) in [7, 11) is 0. The minimum absolute atomic E-state index is 0.0649. The molecule has 0 radical (unpaired) electrons. The molecule has 1 unspecified atom stereocenters. The largest absolute Gasteiger partial charge is 0.507 e. The van der Waals surface area contributed by atoms with Crippen molar-refractivity contribution in [2.24, 2.45) is 0 Å². The lowest BCUT2D eigenvalue weighted by molar-refractivity contribution is -0.139. The first-order chi connectivity index (χ1) is 16.0. The van der Waals surface area contributed by atoms with E-state index in [-0.39, 0.29) is 23.7 Å². The summed E-state index contributed by atoms with van der Waals surface area (Å²) in [6.07, 6.45) is 2.09. The molecule has 5 rings (SSSR count). The number of nitrogens with one attached hydrogen (secondary N) is 1. The number of halogens is 1. The van der Waals surface area contributed by atoms with Gasteiger partial charge in [0, 0.05) is 29.2 Å². The summed E-state index contributed by atoms with van der Waals surface area (Å²) in [5.74, 6) is -1.91. The van der Waals surface area contributed by atoms with Crippen LogP contribution in [0.3, 0.4) is 0 Å². The molecule has 0 saturated carbocycles. The predicted octanol–water partition coefficient (Wildman–Crippen LogP) is 4.97. The summed E-state index contributed by atoms with van der Waals surface area (Å²) in [6.45, 7) is 0.250. The summed E-state index contributed by atoms with van der Waals surface area (Å²) < 4.78 is 13.3. The van der Waals surface area contributed by atoms with Crippen LogP contribution >= 0.6 is 0 Å². The zero-order chi connectivity index (χ0) is 22.9. The Bertz CT molecular complexity index is 1370. The number of carbonyl (C=O) groups excluding carboxylic acids is 2. The van der Waals surface area contributed by atoms with Crippen LogP contribution in [0, 0.1) is 5.82 Å². The molecule has 1 atom stereocenters. The third-order valence-electron chi connectivity index (χ3n) is 6.05. The lowest BCUT2D eigenvalue weighted by Crippen LogP contribution is -2.31. The van der Waals surface area contributed by atoms with Gasteiger partial charge in [-0.25, -0.2) is 4.39 Å². The number of aliphatic hydroxyl groups excluding tert-OH is 1. The summed E-state index contributed by atoms with van der Waals surface area (Å²) >= 11 is 0. The van der Waals surface area contributed by atoms with Gasteiger partial charge in [-0.3, -0.25) is 9.59 Å². The topological polar surface area (TPSA) is 73.4 Å². The number of aromatic nitrogens is 1. The summed E-state index contributed by atoms with van der Waals surface area (Å²) in [5.41, 5.74) is 2.94. The molecule has 4 aromatic rings. The number of rotatable bonds is 5. The number of aliphatic hydroxyl groups is 1. The van der Waals surface area contributed by atoms with Crippen molar-refractivity contribution < 1.29 is 19.1 Å². The highest BCUT2D eigenvalue weighted by Crippen LogP contribution is 2.40. The van der Waals surface area contributed by atoms with Crippen LogP contribution in [0.25, 0.3) is 16.7 Å². The number of ketones is 1. The van der Waals surface area contributed by atoms with Gasteiger partial charge in [-0.15, -0.1) is 0 Å². The summed E-state index contributed by atoms with van der Waals surface area (Å²) in [4.78, 5) is 30.8. The van der Waals surface area contributed by atoms with Gasteiger partial charge < -0.3 is 15.0 Å². The number of aromatic amines is 1. The van der Waals surface area contributed by atoms with Crippen molar-refractivity contribution in [2.75, 3.05) is 6.54 Å². The molecule has 2 heterocycles. The maximum atomic E-state index is 13.3. The number of Topliss-reactive ketones (excluding diaryl/α,β-unsaturated/α-hetero) is 1. The highest BCUT2D eigenvalue weighted by atomic mass is 19.1. The van der Waals surface area contributed by atoms with Gasteiger partial charge in [0.25, 0.3) is 11.7 Å². The van der Waals surface area contributed by atoms with Gasteiger partial charge in [-0.2, -0.15) is 0 Å². The monoisotopic (exact) mass is 440 g/mol. The molecule has 1 aliphatic heterocycles. The number of carbonyl (C=O) groups is 2. The van der Waals surface area contributed by atoms with Crippen molar-refractivity contribution in [2.45, 2.75) is 12.5 Å². The number of likely N-dealkylation sites (tertiary alicyclic amines) is 1. The van der Waals surface area contributed by atoms with Crippen molar-refractivity contribution in [3.05, 3.63) is 113 Å². The van der Waals surface area contributed by atoms with Crippen molar-refractivity contribution in [1.29, 1.82) is 0 Å². The van der Waals surface area contributed by atoms with Crippen molar-refractivity contribution >= 4 is 28.4 Å². The number of hydrogen-bond acceptors (Lipinski definition) is 3. The Morgan fingerprint density at radius 1 is 0.939 bits per heavy atom. The van der Waals surface area contributed by atoms with Crippen LogP contribution in [0.15, 0.2) is 90.6 Å². The van der Waals surface area contributed by atoms with Gasteiger partial charge in [0.2, 0.25) is 0 Å². The number of benzene rings is 3. The standard InChI is InChI=1S/C27H21FN2O3/c28-19-12-10-17(11-13-19)14-15-30-24(18-6-2-1-3-7-18)23(26(32)27(30)33)25(31)21-16-29-22-9-5-4-8-20(21)22/h1-13,16,24,29,31H,14-15H2/b25-23-. The van der Waals surface area contributed by atoms with Gasteiger partial charge >= 0.3 is 0 Å². The molecule has 0 spiro atoms. The van der Waals surface area contributed by atoms with E-state index < -0.39 is 17.7 Å². The second-order valence-corrected chi connectivity index (χ2v) is 8.03. The predicted molar refractivity (Wildman–Crippen MR) is 124 cm³/mol. The molecule has 5 nitrogen and oxygen atoms in total. The average Bonchev–Trinajstić information content (AvgIpc) is 3.38. The molecular formula is C27H21FN2O3. The van der Waals surface area contributed by atoms with E-state index in [1.54, 1.807) is 18.3 Å². The SMILES string of the molecule is O=C1C(=O)N(CCc2ccc(F)cc2)C(c2ccccc2)/C1=C(/O)c1c[nH]c2ccccc12. The summed E-state index contributed by atoms with van der Waals surface area (Å²) in [6, 6.07) is 22.0. The number of H-pyrrole nitrogens is 1. The zero-order valence-corrected chi connectivity index (χ0v) is 17.7. The van der Waals surface area contributed by atoms with Gasteiger partial charge in [0.05, 0.1) is 11.6 Å². The van der Waals surface area contributed by atoms with Gasteiger partial charge in [-0.1, -0.05) is 60.7 Å². The molecule has 164 valence electrons. The van der Waals surface area contributed by atoms with E-state index in [1.165, 1.54) is 17.0 Å². The first-order valence-electron chi connectivity index (χ1n) is 10.7. The molecule has 1 amide bonds. The van der Waals surface area contributed by atoms with Crippen LogP contribution in [0.2, 0.25) is 0 Å². The minimum Gasteiger partial charge on any atom is -0.507 e. The Labute approximate surface area is 189 Å². The van der Waals surface area contributed by atoms with Crippen LogP contribution in [0.1, 0.15) is 22.7 Å². The maximum Gasteiger partial charge on any atom is 0.295 e. The highest BCUT2D eigenvalue weighted by molar-refractivity contribution is 6.46. The Balaban J connectivity index is 1.59. The van der Waals surface area contributed by atoms with E-state index >= 15 is 0 Å². The van der Waals surface area contributed by atoms with E-state index in [9.17, 15) is 19.1 Å². The van der Waals surface area contributed by atoms with Gasteiger partial charge in [0.1, 0.15) is 11.6 Å². The van der Waals surface area contributed by atoms with E-state index in [1.807, 2.05) is 54.6 Å². The van der Waals surface area contributed by atoms with Crippen molar-refractivity contribution in [3.63, 3.8) is 0 Å². The second-order valence-electron chi connectivity index (χ2n) is 8.03. The Hall–Kier alpha value is -4.19. The Morgan fingerprint density at radius 2 is 1.64 bits per heavy atom. The number of hydrogen-bond donors (Lipinski definition) is 2. The quantitative estimate of drug-likeness (QED) is 0.261. The van der Waals surface area contributed by atoms with Crippen molar-refractivity contribution in [3.8, 4) is 0 Å². The van der Waals surface area contributed by atoms with E-state index in [2.05, 4.69) is 4.98 Å². The van der Waals surface area contributed by atoms with Crippen molar-refractivity contribution in [1.82, 2.24) is 9.88 Å². The Morgan fingerprint density at radius 3 is 2.39 bits per heavy atom. The lowest BCUT2D eigenvalue weighted by atomic mass is 9.95. The molecule has 1 aliphatic rings. The Kier molecular flexibility index (Phi) is 5.26. The number of amides is 1. The van der Waals surface area contributed by atoms with Crippen LogP contribution < -0.4 is 0 Å². The number of para-hydroxylation sites is 1. The molecule has 1 saturated heterocycles. The molecule has 0 bridgehead atoms. The molecule has 1 fully saturated rings. The molecule has 33 heavy (non-hydrogen) atoms. The van der Waals surface area contributed by atoms with Gasteiger partial charge in [0.15, 0.2) is 0 Å². The minimum atomic E-state index is -0.722. The van der Waals surface area contributed by atoms with E-state index in [0.29, 0.717) is 12.0 Å². The number of fused-ring (bicyclic) bond motifs is 1. The fourth-order valence-corrected chi connectivity index (χ4v) is 4.41. The third kappa shape index (κ3) is 3.69. The number of nitrogens with zero attached hydrogens (tertiary/aromatic N) is 1. The first kappa shape index (κ1) is 20.7. The van der Waals surface area contributed by atoms with Crippen LogP contribution in [-0.2, 0) is 16.0 Å². The summed E-state index contributed by atoms with van der Waals surface area (Å²) in [5, 5.41) is 12.0. The first-order valence-corrected chi connectivity index (χ1v) is 10.7. The fourth-order valence-electron chi connectivity index (χ4n) is 4.41. The van der Waals surface area contributed by atoms with Crippen LogP contribution in [0.5, 0.6) is 0 Å². The van der Waals surface area contributed by atoms with Gasteiger partial charge in [-0.05, 0) is 35.7 Å². The zero-order valence-electron chi connectivity index (χ0n) is 17.7. The smallest absolute Gasteiger partial charge is 0.295 e. The van der Waals surface area contributed by atoms with E-state index in [0.717, 1.165) is 22.0 Å². The fraction of sp³-hybridized carbons (Fsp3) is 0.111. The maximum absolute atomic E-state index is 13.3. The third-order valence-corrected chi connectivity index (χ3v) is 6.05. The molecule has 2 N–H and O–H groups in total.